The number of anilines is 1. The topological polar surface area (TPSA) is 54.9 Å². The molecule has 1 aromatic heterocycles. The fourth-order valence-corrected chi connectivity index (χ4v) is 5.06. The van der Waals surface area contributed by atoms with E-state index < -0.39 is 0 Å². The molecule has 0 aliphatic carbocycles. The normalized spacial score (nSPS) is 15.7. The Morgan fingerprint density at radius 2 is 1.91 bits per heavy atom. The third-order valence-electron chi connectivity index (χ3n) is 6.03. The summed E-state index contributed by atoms with van der Waals surface area (Å²) >= 11 is 1.61. The van der Waals surface area contributed by atoms with Crippen LogP contribution in [-0.4, -0.2) is 61.5 Å². The van der Waals surface area contributed by atoms with Gasteiger partial charge < -0.3 is 14.4 Å². The highest BCUT2D eigenvalue weighted by molar-refractivity contribution is 7.11. The first-order valence-corrected chi connectivity index (χ1v) is 12.0. The lowest BCUT2D eigenvalue weighted by Crippen LogP contribution is -2.47. The SMILES string of the molecule is COc1cc(C(C)=O)ccc1OCCC(C)CN1CCN(c2snc3ccccc23)CC1. The molecule has 0 amide bonds. The van der Waals surface area contributed by atoms with Crippen LogP contribution in [0.15, 0.2) is 42.5 Å². The average molecular weight is 454 g/mol. The van der Waals surface area contributed by atoms with Gasteiger partial charge in [-0.05, 0) is 61.1 Å². The van der Waals surface area contributed by atoms with Gasteiger partial charge in [0.15, 0.2) is 17.3 Å². The van der Waals surface area contributed by atoms with Crippen LogP contribution in [0.1, 0.15) is 30.6 Å². The van der Waals surface area contributed by atoms with Crippen LogP contribution in [0.4, 0.5) is 5.00 Å². The van der Waals surface area contributed by atoms with Crippen molar-refractivity contribution in [2.75, 3.05) is 51.3 Å². The van der Waals surface area contributed by atoms with Crippen molar-refractivity contribution in [1.82, 2.24) is 9.27 Å². The summed E-state index contributed by atoms with van der Waals surface area (Å²) in [6.45, 7) is 9.74. The summed E-state index contributed by atoms with van der Waals surface area (Å²) in [6.07, 6.45) is 0.970. The van der Waals surface area contributed by atoms with Crippen LogP contribution >= 0.6 is 11.5 Å². The Morgan fingerprint density at radius 3 is 2.66 bits per heavy atom. The van der Waals surface area contributed by atoms with Gasteiger partial charge in [0.05, 0.1) is 19.2 Å². The standard InChI is InChI=1S/C25H31N3O3S/c1-18(10-15-31-23-9-8-20(19(2)29)16-24(23)30-3)17-27-11-13-28(14-12-27)25-21-6-4-5-7-22(21)26-32-25/h4-9,16,18H,10-15,17H2,1-3H3. The predicted molar refractivity (Wildman–Crippen MR) is 131 cm³/mol. The minimum absolute atomic E-state index is 0.0205. The second-order valence-corrected chi connectivity index (χ2v) is 9.21. The highest BCUT2D eigenvalue weighted by Gasteiger charge is 2.21. The van der Waals surface area contributed by atoms with E-state index in [1.54, 1.807) is 37.7 Å². The molecule has 170 valence electrons. The second kappa shape index (κ2) is 10.3. The van der Waals surface area contributed by atoms with E-state index in [1.165, 1.54) is 10.4 Å². The monoisotopic (exact) mass is 453 g/mol. The molecule has 0 bridgehead atoms. The van der Waals surface area contributed by atoms with Crippen LogP contribution in [0.2, 0.25) is 0 Å². The zero-order valence-corrected chi connectivity index (χ0v) is 19.9. The highest BCUT2D eigenvalue weighted by Crippen LogP contribution is 2.32. The number of Topliss-reactive ketones (excluding diaryl/α,β-unsaturated/α-hetero) is 1. The smallest absolute Gasteiger partial charge is 0.161 e. The Bertz CT molecular complexity index is 1060. The molecule has 2 aromatic carbocycles. The van der Waals surface area contributed by atoms with Crippen LogP contribution in [0.3, 0.4) is 0 Å². The lowest BCUT2D eigenvalue weighted by atomic mass is 10.1. The molecule has 6 nitrogen and oxygen atoms in total. The average Bonchev–Trinajstić information content (AvgIpc) is 3.24. The van der Waals surface area contributed by atoms with Crippen molar-refractivity contribution in [3.8, 4) is 11.5 Å². The van der Waals surface area contributed by atoms with Gasteiger partial charge in [-0.3, -0.25) is 9.69 Å². The van der Waals surface area contributed by atoms with E-state index in [0.29, 0.717) is 29.6 Å². The predicted octanol–water partition coefficient (Wildman–Crippen LogP) is 4.73. The van der Waals surface area contributed by atoms with Gasteiger partial charge in [-0.1, -0.05) is 19.1 Å². The van der Waals surface area contributed by atoms with E-state index in [4.69, 9.17) is 9.47 Å². The van der Waals surface area contributed by atoms with Crippen molar-refractivity contribution in [2.45, 2.75) is 20.3 Å². The number of carbonyl (C=O) groups excluding carboxylic acids is 1. The Hall–Kier alpha value is -2.64. The number of aromatic nitrogens is 1. The Kier molecular flexibility index (Phi) is 7.27. The van der Waals surface area contributed by atoms with Crippen molar-refractivity contribution in [1.29, 1.82) is 0 Å². The first-order chi connectivity index (χ1) is 15.5. The molecule has 3 aromatic rings. The van der Waals surface area contributed by atoms with Gasteiger partial charge in [-0.15, -0.1) is 0 Å². The summed E-state index contributed by atoms with van der Waals surface area (Å²) in [5, 5.41) is 2.56. The van der Waals surface area contributed by atoms with Crippen molar-refractivity contribution in [3.05, 3.63) is 48.0 Å². The number of rotatable bonds is 9. The molecule has 2 heterocycles. The van der Waals surface area contributed by atoms with E-state index in [9.17, 15) is 4.79 Å². The second-order valence-electron chi connectivity index (χ2n) is 8.46. The quantitative estimate of drug-likeness (QED) is 0.437. The fraction of sp³-hybridized carbons (Fsp3) is 0.440. The van der Waals surface area contributed by atoms with E-state index in [0.717, 1.165) is 44.7 Å². The maximum atomic E-state index is 11.6. The molecule has 0 saturated carbocycles. The molecule has 1 aliphatic heterocycles. The van der Waals surface area contributed by atoms with Crippen molar-refractivity contribution < 1.29 is 14.3 Å². The molecule has 32 heavy (non-hydrogen) atoms. The molecular formula is C25H31N3O3S. The Labute approximate surface area is 193 Å². The summed E-state index contributed by atoms with van der Waals surface area (Å²) < 4.78 is 15.9. The molecule has 0 spiro atoms. The van der Waals surface area contributed by atoms with E-state index in [1.807, 2.05) is 12.1 Å². The van der Waals surface area contributed by atoms with Gasteiger partial charge in [0, 0.05) is 43.7 Å². The molecular weight excluding hydrogens is 422 g/mol. The van der Waals surface area contributed by atoms with Gasteiger partial charge in [-0.25, -0.2) is 0 Å². The lowest BCUT2D eigenvalue weighted by Gasteiger charge is -2.36. The summed E-state index contributed by atoms with van der Waals surface area (Å²) in [5.74, 6) is 1.85. The number of hydrogen-bond acceptors (Lipinski definition) is 7. The summed E-state index contributed by atoms with van der Waals surface area (Å²) in [5.41, 5.74) is 1.73. The van der Waals surface area contributed by atoms with Gasteiger partial charge in [0.25, 0.3) is 0 Å². The third-order valence-corrected chi connectivity index (χ3v) is 6.97. The van der Waals surface area contributed by atoms with Crippen molar-refractivity contribution in [2.24, 2.45) is 5.92 Å². The molecule has 1 saturated heterocycles. The number of benzene rings is 2. The number of methoxy groups -OCH3 is 1. The van der Waals surface area contributed by atoms with Gasteiger partial charge in [-0.2, -0.15) is 4.37 Å². The van der Waals surface area contributed by atoms with Crippen LogP contribution in [0, 0.1) is 5.92 Å². The Balaban J connectivity index is 1.23. The largest absolute Gasteiger partial charge is 0.493 e. The number of nitrogens with zero attached hydrogens (tertiary/aromatic N) is 3. The number of piperazine rings is 1. The molecule has 7 heteroatoms. The lowest BCUT2D eigenvalue weighted by molar-refractivity contribution is 0.101. The van der Waals surface area contributed by atoms with Crippen LogP contribution in [-0.2, 0) is 0 Å². The van der Waals surface area contributed by atoms with E-state index in [-0.39, 0.29) is 5.78 Å². The minimum atomic E-state index is 0.0205. The number of carbonyl (C=O) groups is 1. The molecule has 1 atom stereocenters. The minimum Gasteiger partial charge on any atom is -0.493 e. The van der Waals surface area contributed by atoms with Crippen LogP contribution in [0.25, 0.3) is 10.9 Å². The highest BCUT2D eigenvalue weighted by atomic mass is 32.1. The zero-order valence-electron chi connectivity index (χ0n) is 19.0. The molecule has 1 aliphatic rings. The molecule has 1 unspecified atom stereocenters. The summed E-state index contributed by atoms with van der Waals surface area (Å²) in [4.78, 5) is 16.6. The van der Waals surface area contributed by atoms with Crippen LogP contribution in [0.5, 0.6) is 11.5 Å². The van der Waals surface area contributed by atoms with E-state index >= 15 is 0 Å². The van der Waals surface area contributed by atoms with Gasteiger partial charge in [0.1, 0.15) is 5.00 Å². The molecule has 1 fully saturated rings. The summed E-state index contributed by atoms with van der Waals surface area (Å²) in [7, 11) is 1.60. The maximum absolute atomic E-state index is 11.6. The third kappa shape index (κ3) is 5.22. The number of fused-ring (bicyclic) bond motifs is 1. The van der Waals surface area contributed by atoms with Crippen molar-refractivity contribution in [3.63, 3.8) is 0 Å². The molecule has 0 radical (unpaired) electrons. The number of ketones is 1. The first-order valence-electron chi connectivity index (χ1n) is 11.2. The fourth-order valence-electron chi connectivity index (χ4n) is 4.15. The first kappa shape index (κ1) is 22.6. The molecule has 4 rings (SSSR count). The molecule has 0 N–H and O–H groups in total. The maximum Gasteiger partial charge on any atom is 0.161 e. The number of hydrogen-bond donors (Lipinski definition) is 0. The Morgan fingerprint density at radius 1 is 1.12 bits per heavy atom. The summed E-state index contributed by atoms with van der Waals surface area (Å²) in [6, 6.07) is 13.7. The van der Waals surface area contributed by atoms with E-state index in [2.05, 4.69) is 39.3 Å². The van der Waals surface area contributed by atoms with Gasteiger partial charge >= 0.3 is 0 Å². The zero-order chi connectivity index (χ0) is 22.5. The van der Waals surface area contributed by atoms with Crippen molar-refractivity contribution >= 4 is 33.2 Å². The van der Waals surface area contributed by atoms with Gasteiger partial charge in [0.2, 0.25) is 0 Å². The number of ether oxygens (including phenoxy) is 2. The van der Waals surface area contributed by atoms with Crippen LogP contribution < -0.4 is 14.4 Å².